The Morgan fingerprint density at radius 1 is 1.26 bits per heavy atom. The molecule has 2 aromatic heterocycles. The molecule has 8 heteroatoms. The van der Waals surface area contributed by atoms with Crippen molar-refractivity contribution in [3.63, 3.8) is 0 Å². The number of anilines is 1. The van der Waals surface area contributed by atoms with Gasteiger partial charge in [-0.2, -0.15) is 0 Å². The van der Waals surface area contributed by atoms with Crippen LogP contribution in [-0.4, -0.2) is 39.7 Å². The molecule has 0 saturated carbocycles. The number of benzene rings is 2. The summed E-state index contributed by atoms with van der Waals surface area (Å²) in [5, 5.41) is 0.679. The zero-order valence-electron chi connectivity index (χ0n) is 17.1. The number of thiazole rings is 1. The average Bonchev–Trinajstić information content (AvgIpc) is 3.45. The van der Waals surface area contributed by atoms with Gasteiger partial charge in [-0.3, -0.25) is 9.69 Å². The molecule has 7 nitrogen and oxygen atoms in total. The maximum atomic E-state index is 13.5. The van der Waals surface area contributed by atoms with Crippen molar-refractivity contribution in [2.24, 2.45) is 0 Å². The largest absolute Gasteiger partial charge is 0.485 e. The number of hydrogen-bond acceptors (Lipinski definition) is 6. The van der Waals surface area contributed by atoms with Crippen LogP contribution in [0.5, 0.6) is 11.5 Å². The summed E-state index contributed by atoms with van der Waals surface area (Å²) in [6.07, 6.45) is 5.51. The second kappa shape index (κ2) is 8.39. The van der Waals surface area contributed by atoms with Crippen molar-refractivity contribution in [2.75, 3.05) is 18.1 Å². The molecular formula is C23H22N4O3S. The van der Waals surface area contributed by atoms with Gasteiger partial charge in [-0.1, -0.05) is 29.5 Å². The molecule has 0 saturated heterocycles. The molecule has 1 amide bonds. The van der Waals surface area contributed by atoms with Crippen molar-refractivity contribution >= 4 is 32.6 Å². The van der Waals surface area contributed by atoms with Crippen molar-refractivity contribution in [1.29, 1.82) is 0 Å². The first-order valence-corrected chi connectivity index (χ1v) is 11.0. The Morgan fingerprint density at radius 2 is 2.13 bits per heavy atom. The Bertz CT molecular complexity index is 1200. The molecule has 1 aliphatic rings. The van der Waals surface area contributed by atoms with E-state index in [4.69, 9.17) is 14.5 Å². The Morgan fingerprint density at radius 3 is 2.97 bits per heavy atom. The van der Waals surface area contributed by atoms with Gasteiger partial charge in [-0.25, -0.2) is 9.97 Å². The first-order valence-electron chi connectivity index (χ1n) is 10.2. The summed E-state index contributed by atoms with van der Waals surface area (Å²) < 4.78 is 14.8. The van der Waals surface area contributed by atoms with E-state index in [1.54, 1.807) is 17.4 Å². The van der Waals surface area contributed by atoms with Gasteiger partial charge in [0, 0.05) is 25.5 Å². The van der Waals surface area contributed by atoms with Gasteiger partial charge in [0.15, 0.2) is 16.6 Å². The van der Waals surface area contributed by atoms with Gasteiger partial charge >= 0.3 is 0 Å². The lowest BCUT2D eigenvalue weighted by Crippen LogP contribution is -2.47. The molecule has 158 valence electrons. The topological polar surface area (TPSA) is 69.5 Å². The monoisotopic (exact) mass is 434 g/mol. The number of aromatic nitrogens is 3. The van der Waals surface area contributed by atoms with Crippen LogP contribution in [0.15, 0.2) is 61.2 Å². The fourth-order valence-electron chi connectivity index (χ4n) is 3.58. The second-order valence-electron chi connectivity index (χ2n) is 7.48. The zero-order valence-corrected chi connectivity index (χ0v) is 17.9. The molecule has 0 radical (unpaired) electrons. The predicted octanol–water partition coefficient (Wildman–Crippen LogP) is 4.06. The van der Waals surface area contributed by atoms with E-state index in [2.05, 4.69) is 18.0 Å². The van der Waals surface area contributed by atoms with Gasteiger partial charge in [-0.05, 0) is 43.2 Å². The first kappa shape index (κ1) is 19.6. The van der Waals surface area contributed by atoms with E-state index < -0.39 is 6.10 Å². The van der Waals surface area contributed by atoms with Gasteiger partial charge in [0.05, 0.1) is 16.5 Å². The van der Waals surface area contributed by atoms with Gasteiger partial charge in [-0.15, -0.1) is 0 Å². The van der Waals surface area contributed by atoms with Crippen LogP contribution in [0.2, 0.25) is 0 Å². The molecule has 1 aliphatic heterocycles. The molecule has 2 aromatic carbocycles. The number of ether oxygens (including phenoxy) is 2. The number of carbonyl (C=O) groups excluding carboxylic acids is 1. The van der Waals surface area contributed by atoms with Crippen LogP contribution in [-0.2, 0) is 11.3 Å². The molecule has 0 bridgehead atoms. The van der Waals surface area contributed by atoms with Crippen molar-refractivity contribution in [3.05, 3.63) is 66.7 Å². The number of aryl methyl sites for hydroxylation is 2. The number of rotatable bonds is 6. The number of imidazole rings is 1. The highest BCUT2D eigenvalue weighted by Gasteiger charge is 2.33. The van der Waals surface area contributed by atoms with E-state index >= 15 is 0 Å². The lowest BCUT2D eigenvalue weighted by atomic mass is 10.2. The summed E-state index contributed by atoms with van der Waals surface area (Å²) in [6, 6.07) is 13.5. The van der Waals surface area contributed by atoms with Crippen LogP contribution >= 0.6 is 11.3 Å². The molecule has 0 fully saturated rings. The second-order valence-corrected chi connectivity index (χ2v) is 8.48. The van der Waals surface area contributed by atoms with Crippen molar-refractivity contribution in [2.45, 2.75) is 26.0 Å². The standard InChI is InChI=1S/C23H22N4O3S/c1-16-7-8-17-21(13-16)31-23(25-17)27(11-4-10-26-12-9-24-15-26)22(28)20-14-29-18-5-2-3-6-19(18)30-20/h2-3,5-9,12-13,15,20H,4,10-11,14H2,1H3/t20-/m0/s1. The maximum absolute atomic E-state index is 13.5. The number of fused-ring (bicyclic) bond motifs is 2. The Kier molecular flexibility index (Phi) is 5.30. The Balaban J connectivity index is 1.40. The lowest BCUT2D eigenvalue weighted by molar-refractivity contribution is -0.127. The highest BCUT2D eigenvalue weighted by molar-refractivity contribution is 7.22. The highest BCUT2D eigenvalue weighted by Crippen LogP contribution is 2.34. The molecule has 31 heavy (non-hydrogen) atoms. The van der Waals surface area contributed by atoms with E-state index in [0.29, 0.717) is 23.2 Å². The van der Waals surface area contributed by atoms with Gasteiger partial charge in [0.1, 0.15) is 6.61 Å². The molecular weight excluding hydrogens is 412 g/mol. The normalized spacial score (nSPS) is 15.2. The minimum atomic E-state index is -0.711. The summed E-state index contributed by atoms with van der Waals surface area (Å²) >= 11 is 1.52. The third-order valence-electron chi connectivity index (χ3n) is 5.17. The molecule has 0 spiro atoms. The summed E-state index contributed by atoms with van der Waals surface area (Å²) in [5.41, 5.74) is 2.06. The summed E-state index contributed by atoms with van der Waals surface area (Å²) in [7, 11) is 0. The minimum absolute atomic E-state index is 0.143. The molecule has 1 atom stereocenters. The third kappa shape index (κ3) is 4.11. The molecule has 0 aliphatic carbocycles. The highest BCUT2D eigenvalue weighted by atomic mass is 32.1. The van der Waals surface area contributed by atoms with E-state index in [1.165, 1.54) is 16.9 Å². The average molecular weight is 435 g/mol. The zero-order chi connectivity index (χ0) is 21.2. The first-order chi connectivity index (χ1) is 15.2. The molecule has 5 rings (SSSR count). The molecule has 3 heterocycles. The fraction of sp³-hybridized carbons (Fsp3) is 0.261. The van der Waals surface area contributed by atoms with Gasteiger partial charge in [0.2, 0.25) is 6.10 Å². The van der Waals surface area contributed by atoms with Crippen LogP contribution < -0.4 is 14.4 Å². The number of amides is 1. The fourth-order valence-corrected chi connectivity index (χ4v) is 4.68. The van der Waals surface area contributed by atoms with Crippen LogP contribution in [0.4, 0.5) is 5.13 Å². The van der Waals surface area contributed by atoms with E-state index in [1.807, 2.05) is 47.2 Å². The van der Waals surface area contributed by atoms with Gasteiger partial charge < -0.3 is 14.0 Å². The third-order valence-corrected chi connectivity index (χ3v) is 6.21. The summed E-state index contributed by atoms with van der Waals surface area (Å²) in [5.74, 6) is 1.11. The van der Waals surface area contributed by atoms with E-state index in [-0.39, 0.29) is 12.5 Å². The van der Waals surface area contributed by atoms with Crippen molar-refractivity contribution in [3.8, 4) is 11.5 Å². The van der Waals surface area contributed by atoms with Crippen molar-refractivity contribution in [1.82, 2.24) is 14.5 Å². The Hall–Kier alpha value is -3.39. The van der Waals surface area contributed by atoms with Gasteiger partial charge in [0.25, 0.3) is 5.91 Å². The Labute approximate surface area is 183 Å². The maximum Gasteiger partial charge on any atom is 0.273 e. The molecule has 0 unspecified atom stereocenters. The van der Waals surface area contributed by atoms with Crippen LogP contribution in [0.1, 0.15) is 12.0 Å². The smallest absolute Gasteiger partial charge is 0.273 e. The number of hydrogen-bond donors (Lipinski definition) is 0. The molecule has 0 N–H and O–H groups in total. The lowest BCUT2D eigenvalue weighted by Gasteiger charge is -2.29. The van der Waals surface area contributed by atoms with Crippen molar-refractivity contribution < 1.29 is 14.3 Å². The van der Waals surface area contributed by atoms with Crippen LogP contribution in [0, 0.1) is 6.92 Å². The quantitative estimate of drug-likeness (QED) is 0.458. The minimum Gasteiger partial charge on any atom is -0.485 e. The number of nitrogens with zero attached hydrogens (tertiary/aromatic N) is 4. The van der Waals surface area contributed by atoms with E-state index in [0.717, 1.165) is 23.2 Å². The predicted molar refractivity (Wildman–Crippen MR) is 120 cm³/mol. The SMILES string of the molecule is Cc1ccc2nc(N(CCCn3ccnc3)C(=O)[C@@H]3COc4ccccc4O3)sc2c1. The summed E-state index contributed by atoms with van der Waals surface area (Å²) in [6.45, 7) is 3.52. The van der Waals surface area contributed by atoms with E-state index in [9.17, 15) is 4.79 Å². The summed E-state index contributed by atoms with van der Waals surface area (Å²) in [4.78, 5) is 24.1. The molecule has 4 aromatic rings. The van der Waals surface area contributed by atoms with Crippen LogP contribution in [0.3, 0.4) is 0 Å². The van der Waals surface area contributed by atoms with Crippen LogP contribution in [0.25, 0.3) is 10.2 Å². The number of carbonyl (C=O) groups is 1. The number of para-hydroxylation sites is 2.